The average molecular weight is 350 g/mol. The molecule has 3 aliphatic rings. The lowest BCUT2D eigenvalue weighted by molar-refractivity contribution is -0.282. The standard InChI is InChI=1S/C22H39NO2/c1-14(2)24-22-13-21(22)17(11-10-12-20(21,8)9)15(3)18(25-22)16(4)23-19(5,6)7/h14-15,17-18H,10-13H2,1-9H3. The van der Waals surface area contributed by atoms with Crippen molar-refractivity contribution in [1.29, 1.82) is 0 Å². The number of nitrogens with zero attached hydrogens (tertiary/aromatic N) is 1. The van der Waals surface area contributed by atoms with Crippen molar-refractivity contribution in [2.24, 2.45) is 27.7 Å². The van der Waals surface area contributed by atoms with Gasteiger partial charge in [0.25, 0.3) is 0 Å². The molecule has 1 spiro atoms. The van der Waals surface area contributed by atoms with Gasteiger partial charge < -0.3 is 9.47 Å². The predicted molar refractivity (Wildman–Crippen MR) is 104 cm³/mol. The minimum Gasteiger partial charge on any atom is -0.347 e. The van der Waals surface area contributed by atoms with Crippen LogP contribution in [0.5, 0.6) is 0 Å². The highest BCUT2D eigenvalue weighted by Crippen LogP contribution is 2.79. The molecule has 1 heterocycles. The average Bonchev–Trinajstić information content (AvgIpc) is 3.07. The molecule has 144 valence electrons. The smallest absolute Gasteiger partial charge is 0.176 e. The lowest BCUT2D eigenvalue weighted by Gasteiger charge is -2.54. The number of hydrogen-bond acceptors (Lipinski definition) is 3. The molecule has 1 aliphatic heterocycles. The minimum absolute atomic E-state index is 0.0663. The Morgan fingerprint density at radius 1 is 1.24 bits per heavy atom. The van der Waals surface area contributed by atoms with Crippen molar-refractivity contribution >= 4 is 5.71 Å². The number of rotatable bonds is 3. The third-order valence-electron chi connectivity index (χ3n) is 7.00. The summed E-state index contributed by atoms with van der Waals surface area (Å²) in [6.07, 6.45) is 5.22. The van der Waals surface area contributed by atoms with E-state index in [9.17, 15) is 0 Å². The molecule has 0 radical (unpaired) electrons. The van der Waals surface area contributed by atoms with Gasteiger partial charge in [-0.25, -0.2) is 0 Å². The van der Waals surface area contributed by atoms with Gasteiger partial charge in [0, 0.05) is 17.5 Å². The molecule has 3 heteroatoms. The van der Waals surface area contributed by atoms with Crippen molar-refractivity contribution in [3.8, 4) is 0 Å². The van der Waals surface area contributed by atoms with Crippen LogP contribution in [0.4, 0.5) is 0 Å². The van der Waals surface area contributed by atoms with Gasteiger partial charge in [0.05, 0.1) is 11.6 Å². The molecular formula is C22H39NO2. The summed E-state index contributed by atoms with van der Waals surface area (Å²) in [6.45, 7) is 20.2. The van der Waals surface area contributed by atoms with Crippen molar-refractivity contribution in [2.75, 3.05) is 0 Å². The van der Waals surface area contributed by atoms with E-state index in [2.05, 4.69) is 62.3 Å². The zero-order valence-corrected chi connectivity index (χ0v) is 17.9. The van der Waals surface area contributed by atoms with Crippen LogP contribution in [0, 0.1) is 22.7 Å². The molecule has 2 aliphatic carbocycles. The van der Waals surface area contributed by atoms with Crippen LogP contribution in [-0.4, -0.2) is 29.2 Å². The van der Waals surface area contributed by atoms with Crippen molar-refractivity contribution in [1.82, 2.24) is 0 Å². The van der Waals surface area contributed by atoms with Gasteiger partial charge in [-0.15, -0.1) is 0 Å². The number of hydrogen-bond donors (Lipinski definition) is 0. The van der Waals surface area contributed by atoms with E-state index in [1.165, 1.54) is 19.3 Å². The summed E-state index contributed by atoms with van der Waals surface area (Å²) in [5.74, 6) is 0.762. The molecular weight excluding hydrogens is 310 g/mol. The summed E-state index contributed by atoms with van der Waals surface area (Å²) in [5.41, 5.74) is 1.53. The summed E-state index contributed by atoms with van der Waals surface area (Å²) >= 11 is 0. The molecule has 0 aromatic carbocycles. The molecule has 0 bridgehead atoms. The van der Waals surface area contributed by atoms with Crippen molar-refractivity contribution < 1.29 is 9.47 Å². The summed E-state index contributed by atoms with van der Waals surface area (Å²) in [4.78, 5) is 4.95. The van der Waals surface area contributed by atoms with Crippen LogP contribution >= 0.6 is 0 Å². The Morgan fingerprint density at radius 3 is 2.44 bits per heavy atom. The first-order chi connectivity index (χ1) is 11.4. The predicted octanol–water partition coefficient (Wildman–Crippen LogP) is 5.62. The van der Waals surface area contributed by atoms with Crippen LogP contribution in [0.25, 0.3) is 0 Å². The van der Waals surface area contributed by atoms with Gasteiger partial charge in [0.15, 0.2) is 5.79 Å². The Bertz CT molecular complexity index is 559. The first kappa shape index (κ1) is 19.4. The monoisotopic (exact) mass is 349 g/mol. The highest BCUT2D eigenvalue weighted by Gasteiger charge is 2.82. The van der Waals surface area contributed by atoms with E-state index in [-0.39, 0.29) is 28.6 Å². The van der Waals surface area contributed by atoms with E-state index in [4.69, 9.17) is 14.5 Å². The highest BCUT2D eigenvalue weighted by molar-refractivity contribution is 5.87. The zero-order chi connectivity index (χ0) is 18.8. The Balaban J connectivity index is 2.00. The molecule has 5 unspecified atom stereocenters. The molecule has 0 aromatic rings. The van der Waals surface area contributed by atoms with Crippen LogP contribution in [0.1, 0.15) is 88.0 Å². The Labute approximate surface area is 155 Å². The van der Waals surface area contributed by atoms with Crippen LogP contribution in [0.2, 0.25) is 0 Å². The van der Waals surface area contributed by atoms with Crippen LogP contribution in [0.3, 0.4) is 0 Å². The summed E-state index contributed by atoms with van der Waals surface area (Å²) in [6, 6.07) is 0. The molecule has 0 aromatic heterocycles. The molecule has 1 saturated heterocycles. The fourth-order valence-electron chi connectivity index (χ4n) is 6.22. The maximum Gasteiger partial charge on any atom is 0.176 e. The molecule has 3 rings (SSSR count). The highest BCUT2D eigenvalue weighted by atomic mass is 16.7. The van der Waals surface area contributed by atoms with Crippen LogP contribution in [-0.2, 0) is 9.47 Å². The van der Waals surface area contributed by atoms with E-state index in [0.717, 1.165) is 12.1 Å². The van der Waals surface area contributed by atoms with Gasteiger partial charge in [-0.3, -0.25) is 4.99 Å². The number of aliphatic imine (C=N–C) groups is 1. The van der Waals surface area contributed by atoms with Crippen molar-refractivity contribution in [2.45, 2.75) is 112 Å². The fraction of sp³-hybridized carbons (Fsp3) is 0.955. The zero-order valence-electron chi connectivity index (χ0n) is 17.9. The maximum atomic E-state index is 6.82. The second-order valence-corrected chi connectivity index (χ2v) is 10.8. The van der Waals surface area contributed by atoms with Gasteiger partial charge >= 0.3 is 0 Å². The van der Waals surface area contributed by atoms with Gasteiger partial charge in [0.2, 0.25) is 0 Å². The van der Waals surface area contributed by atoms with E-state index in [1.54, 1.807) is 0 Å². The molecule has 3 fully saturated rings. The van der Waals surface area contributed by atoms with Crippen LogP contribution in [0.15, 0.2) is 4.99 Å². The molecule has 0 N–H and O–H groups in total. The SMILES string of the molecule is CC(=NC(C)(C)C)C1OC2(OC(C)C)CC23C(CCCC3(C)C)C1C. The normalized spacial score (nSPS) is 43.6. The van der Waals surface area contributed by atoms with E-state index in [0.29, 0.717) is 11.8 Å². The molecule has 5 atom stereocenters. The number of ether oxygens (including phenoxy) is 2. The maximum absolute atomic E-state index is 6.82. The molecule has 2 saturated carbocycles. The fourth-order valence-corrected chi connectivity index (χ4v) is 6.22. The largest absolute Gasteiger partial charge is 0.347 e. The van der Waals surface area contributed by atoms with Crippen LogP contribution < -0.4 is 0 Å². The summed E-state index contributed by atoms with van der Waals surface area (Å²) in [5, 5.41) is 0. The Kier molecular flexibility index (Phi) is 4.48. The first-order valence-electron chi connectivity index (χ1n) is 10.3. The lowest BCUT2D eigenvalue weighted by Crippen LogP contribution is -2.56. The quantitative estimate of drug-likeness (QED) is 0.619. The topological polar surface area (TPSA) is 30.8 Å². The lowest BCUT2D eigenvalue weighted by atomic mass is 9.55. The molecule has 0 amide bonds. The third kappa shape index (κ3) is 2.90. The molecule has 25 heavy (non-hydrogen) atoms. The first-order valence-corrected chi connectivity index (χ1v) is 10.3. The Hall–Kier alpha value is -0.410. The van der Waals surface area contributed by atoms with Gasteiger partial charge in [-0.1, -0.05) is 27.2 Å². The van der Waals surface area contributed by atoms with Crippen molar-refractivity contribution in [3.05, 3.63) is 0 Å². The van der Waals surface area contributed by atoms with Crippen molar-refractivity contribution in [3.63, 3.8) is 0 Å². The third-order valence-corrected chi connectivity index (χ3v) is 7.00. The van der Waals surface area contributed by atoms with E-state index >= 15 is 0 Å². The van der Waals surface area contributed by atoms with Gasteiger partial charge in [0.1, 0.15) is 6.10 Å². The summed E-state index contributed by atoms with van der Waals surface area (Å²) < 4.78 is 13.4. The second kappa shape index (κ2) is 5.79. The summed E-state index contributed by atoms with van der Waals surface area (Å²) in [7, 11) is 0. The minimum atomic E-state index is -0.401. The van der Waals surface area contributed by atoms with E-state index < -0.39 is 5.79 Å². The van der Waals surface area contributed by atoms with Gasteiger partial charge in [-0.05, 0) is 71.6 Å². The Morgan fingerprint density at radius 2 is 1.88 bits per heavy atom. The molecule has 3 nitrogen and oxygen atoms in total. The van der Waals surface area contributed by atoms with E-state index in [1.807, 2.05) is 0 Å². The van der Waals surface area contributed by atoms with Gasteiger partial charge in [-0.2, -0.15) is 0 Å². The second-order valence-electron chi connectivity index (χ2n) is 10.8.